The third kappa shape index (κ3) is 2.64. The van der Waals surface area contributed by atoms with Crippen LogP contribution in [-0.4, -0.2) is 28.1 Å². The minimum absolute atomic E-state index is 0.00508. The molecule has 1 aliphatic carbocycles. The predicted molar refractivity (Wildman–Crippen MR) is 66.8 cm³/mol. The number of anilines is 1. The molecule has 4 N–H and O–H groups in total. The highest BCUT2D eigenvalue weighted by molar-refractivity contribution is 5.99. The Bertz CT molecular complexity index is 481. The zero-order valence-electron chi connectivity index (χ0n) is 10.4. The Labute approximate surface area is 105 Å². The minimum Gasteiger partial charge on any atom is -0.477 e. The first-order valence-corrected chi connectivity index (χ1v) is 6.01. The molecule has 0 spiro atoms. The van der Waals surface area contributed by atoms with E-state index in [0.717, 1.165) is 12.8 Å². The monoisotopic (exact) mass is 251 g/mol. The highest BCUT2D eigenvalue weighted by Crippen LogP contribution is 2.33. The molecular formula is C12H17N3O3. The van der Waals surface area contributed by atoms with Crippen LogP contribution in [0.3, 0.4) is 0 Å². The molecule has 0 aliphatic heterocycles. The summed E-state index contributed by atoms with van der Waals surface area (Å²) in [7, 11) is 0. The third-order valence-corrected chi connectivity index (χ3v) is 3.18. The molecule has 18 heavy (non-hydrogen) atoms. The van der Waals surface area contributed by atoms with E-state index in [1.54, 1.807) is 13.0 Å². The number of amides is 2. The Hall–Kier alpha value is -1.98. The number of carbonyl (C=O) groups excluding carboxylic acids is 1. The Balaban J connectivity index is 1.96. The second-order valence-corrected chi connectivity index (χ2v) is 4.66. The van der Waals surface area contributed by atoms with Crippen molar-refractivity contribution in [2.45, 2.75) is 32.7 Å². The van der Waals surface area contributed by atoms with Gasteiger partial charge in [-0.3, -0.25) is 0 Å². The van der Waals surface area contributed by atoms with E-state index in [0.29, 0.717) is 17.3 Å². The molecule has 6 nitrogen and oxygen atoms in total. The topological polar surface area (TPSA) is 94.2 Å². The summed E-state index contributed by atoms with van der Waals surface area (Å²) in [6, 6.07) is 1.48. The maximum atomic E-state index is 11.7. The van der Waals surface area contributed by atoms with Crippen LogP contribution in [0.15, 0.2) is 6.07 Å². The lowest BCUT2D eigenvalue weighted by molar-refractivity contribution is 0.0692. The molecule has 1 aromatic rings. The normalized spacial score (nSPS) is 21.4. The largest absolute Gasteiger partial charge is 0.477 e. The van der Waals surface area contributed by atoms with E-state index in [1.807, 2.05) is 0 Å². The lowest BCUT2D eigenvalue weighted by Crippen LogP contribution is -2.31. The molecule has 2 atom stereocenters. The van der Waals surface area contributed by atoms with Crippen LogP contribution in [0.5, 0.6) is 0 Å². The SMILES string of the molecule is CCC1CC1NC(=O)Nc1cc(C)[nH]c1C(=O)O. The molecule has 0 bridgehead atoms. The van der Waals surface area contributed by atoms with Gasteiger partial charge in [0.2, 0.25) is 0 Å². The van der Waals surface area contributed by atoms with Gasteiger partial charge in [0, 0.05) is 11.7 Å². The Morgan fingerprint density at radius 1 is 1.56 bits per heavy atom. The second kappa shape index (κ2) is 4.72. The number of aryl methyl sites for hydroxylation is 1. The number of H-pyrrole nitrogens is 1. The Morgan fingerprint density at radius 3 is 2.83 bits per heavy atom. The van der Waals surface area contributed by atoms with E-state index in [4.69, 9.17) is 5.11 Å². The van der Waals surface area contributed by atoms with Gasteiger partial charge in [-0.15, -0.1) is 0 Å². The number of hydrogen-bond acceptors (Lipinski definition) is 2. The quantitative estimate of drug-likeness (QED) is 0.658. The van der Waals surface area contributed by atoms with Gasteiger partial charge in [-0.05, 0) is 25.3 Å². The van der Waals surface area contributed by atoms with Gasteiger partial charge in [-0.1, -0.05) is 13.3 Å². The van der Waals surface area contributed by atoms with Crippen molar-refractivity contribution in [1.29, 1.82) is 0 Å². The van der Waals surface area contributed by atoms with Crippen molar-refractivity contribution in [1.82, 2.24) is 10.3 Å². The fourth-order valence-electron chi connectivity index (χ4n) is 2.06. The lowest BCUT2D eigenvalue weighted by Gasteiger charge is -2.06. The van der Waals surface area contributed by atoms with Crippen LogP contribution in [0.25, 0.3) is 0 Å². The van der Waals surface area contributed by atoms with Crippen molar-refractivity contribution < 1.29 is 14.7 Å². The number of aromatic carboxylic acids is 1. The molecule has 2 amide bonds. The van der Waals surface area contributed by atoms with Gasteiger partial charge in [-0.2, -0.15) is 0 Å². The van der Waals surface area contributed by atoms with Gasteiger partial charge in [0.05, 0.1) is 5.69 Å². The van der Waals surface area contributed by atoms with Crippen LogP contribution in [-0.2, 0) is 0 Å². The molecule has 6 heteroatoms. The van der Waals surface area contributed by atoms with Gasteiger partial charge in [-0.25, -0.2) is 9.59 Å². The highest BCUT2D eigenvalue weighted by atomic mass is 16.4. The number of carbonyl (C=O) groups is 2. The summed E-state index contributed by atoms with van der Waals surface area (Å²) in [5, 5.41) is 14.4. The summed E-state index contributed by atoms with van der Waals surface area (Å²) >= 11 is 0. The molecule has 1 aliphatic rings. The van der Waals surface area contributed by atoms with E-state index >= 15 is 0 Å². The number of nitrogens with one attached hydrogen (secondary N) is 3. The molecule has 0 radical (unpaired) electrons. The van der Waals surface area contributed by atoms with Crippen LogP contribution in [0, 0.1) is 12.8 Å². The average molecular weight is 251 g/mol. The smallest absolute Gasteiger partial charge is 0.354 e. The first-order chi connectivity index (χ1) is 8.51. The zero-order valence-corrected chi connectivity index (χ0v) is 10.4. The van der Waals surface area contributed by atoms with E-state index in [-0.39, 0.29) is 17.8 Å². The van der Waals surface area contributed by atoms with Gasteiger partial charge < -0.3 is 20.7 Å². The van der Waals surface area contributed by atoms with E-state index in [2.05, 4.69) is 22.5 Å². The van der Waals surface area contributed by atoms with E-state index in [1.165, 1.54) is 0 Å². The number of rotatable bonds is 4. The number of aromatic nitrogens is 1. The second-order valence-electron chi connectivity index (χ2n) is 4.66. The van der Waals surface area contributed by atoms with Crippen LogP contribution >= 0.6 is 0 Å². The molecule has 2 unspecified atom stereocenters. The molecule has 1 heterocycles. The summed E-state index contributed by atoms with van der Waals surface area (Å²) in [6.07, 6.45) is 2.05. The number of urea groups is 1. The Kier molecular flexibility index (Phi) is 3.27. The molecule has 2 rings (SSSR count). The van der Waals surface area contributed by atoms with E-state index < -0.39 is 5.97 Å². The van der Waals surface area contributed by atoms with Crippen molar-refractivity contribution in [2.24, 2.45) is 5.92 Å². The molecule has 0 saturated heterocycles. The van der Waals surface area contributed by atoms with Crippen LogP contribution < -0.4 is 10.6 Å². The molecule has 98 valence electrons. The maximum absolute atomic E-state index is 11.7. The molecule has 1 fully saturated rings. The maximum Gasteiger partial charge on any atom is 0.354 e. The van der Waals surface area contributed by atoms with Crippen molar-refractivity contribution in [2.75, 3.05) is 5.32 Å². The summed E-state index contributed by atoms with van der Waals surface area (Å²) in [6.45, 7) is 3.83. The van der Waals surface area contributed by atoms with E-state index in [9.17, 15) is 9.59 Å². The van der Waals surface area contributed by atoms with Crippen LogP contribution in [0.2, 0.25) is 0 Å². The first kappa shape index (κ1) is 12.5. The molecule has 0 aromatic carbocycles. The lowest BCUT2D eigenvalue weighted by atomic mass is 10.3. The first-order valence-electron chi connectivity index (χ1n) is 6.01. The summed E-state index contributed by atoms with van der Waals surface area (Å²) in [4.78, 5) is 25.3. The minimum atomic E-state index is -1.09. The number of carboxylic acids is 1. The number of hydrogen-bond donors (Lipinski definition) is 4. The van der Waals surface area contributed by atoms with Gasteiger partial charge in [0.15, 0.2) is 0 Å². The molecule has 1 saturated carbocycles. The summed E-state index contributed by atoms with van der Waals surface area (Å²) < 4.78 is 0. The van der Waals surface area contributed by atoms with Crippen LogP contribution in [0.4, 0.5) is 10.5 Å². The fraction of sp³-hybridized carbons (Fsp3) is 0.500. The van der Waals surface area contributed by atoms with Gasteiger partial charge in [0.25, 0.3) is 0 Å². The summed E-state index contributed by atoms with van der Waals surface area (Å²) in [5.74, 6) is -0.529. The Morgan fingerprint density at radius 2 is 2.28 bits per heavy atom. The molecular weight excluding hydrogens is 234 g/mol. The predicted octanol–water partition coefficient (Wildman–Crippen LogP) is 1.94. The summed E-state index contributed by atoms with van der Waals surface area (Å²) in [5.41, 5.74) is 0.997. The molecule has 1 aromatic heterocycles. The van der Waals surface area contributed by atoms with Crippen molar-refractivity contribution in [3.63, 3.8) is 0 Å². The zero-order chi connectivity index (χ0) is 13.3. The van der Waals surface area contributed by atoms with Gasteiger partial charge >= 0.3 is 12.0 Å². The third-order valence-electron chi connectivity index (χ3n) is 3.18. The number of carboxylic acid groups (broad SMARTS) is 1. The van der Waals surface area contributed by atoms with Crippen LogP contribution in [0.1, 0.15) is 35.9 Å². The van der Waals surface area contributed by atoms with Gasteiger partial charge in [0.1, 0.15) is 5.69 Å². The number of aromatic amines is 1. The highest BCUT2D eigenvalue weighted by Gasteiger charge is 2.36. The average Bonchev–Trinajstić information content (AvgIpc) is 2.92. The van der Waals surface area contributed by atoms with Crippen molar-refractivity contribution >= 4 is 17.7 Å². The van der Waals surface area contributed by atoms with Crippen molar-refractivity contribution in [3.05, 3.63) is 17.5 Å². The fourth-order valence-corrected chi connectivity index (χ4v) is 2.06. The van der Waals surface area contributed by atoms with Crippen molar-refractivity contribution in [3.8, 4) is 0 Å². The standard InChI is InChI=1S/C12H17N3O3/c1-3-7-5-8(7)14-12(18)15-9-4-6(2)13-10(9)11(16)17/h4,7-8,13H,3,5H2,1-2H3,(H,16,17)(H2,14,15,18).